The van der Waals surface area contributed by atoms with Gasteiger partial charge in [0.25, 0.3) is 5.91 Å². The van der Waals surface area contributed by atoms with Gasteiger partial charge in [0.1, 0.15) is 5.75 Å². The second kappa shape index (κ2) is 7.80. The van der Waals surface area contributed by atoms with E-state index in [9.17, 15) is 4.79 Å². The summed E-state index contributed by atoms with van der Waals surface area (Å²) in [7, 11) is 1.55. The Hall–Kier alpha value is -3.86. The summed E-state index contributed by atoms with van der Waals surface area (Å²) in [4.78, 5) is 12.7. The molecule has 28 heavy (non-hydrogen) atoms. The Bertz CT molecular complexity index is 1160. The highest BCUT2D eigenvalue weighted by molar-refractivity contribution is 6.07. The number of fused-ring (bicyclic) bond motifs is 1. The fraction of sp³-hybridized carbons (Fsp3) is 0.0435. The third-order valence-corrected chi connectivity index (χ3v) is 4.48. The van der Waals surface area contributed by atoms with E-state index in [2.05, 4.69) is 15.5 Å². The average molecular weight is 369 g/mol. The maximum absolute atomic E-state index is 12.7. The number of methoxy groups -OCH3 is 1. The SMILES string of the molecule is COc1ccccc1C(=O)Nc1ccccc1C=Cc1n[nH]c2ccccc12. The van der Waals surface area contributed by atoms with Crippen LogP contribution in [0.5, 0.6) is 5.75 Å². The zero-order valence-corrected chi connectivity index (χ0v) is 15.3. The van der Waals surface area contributed by atoms with E-state index < -0.39 is 0 Å². The van der Waals surface area contributed by atoms with E-state index in [-0.39, 0.29) is 5.91 Å². The van der Waals surface area contributed by atoms with Crippen LogP contribution in [0.2, 0.25) is 0 Å². The molecule has 0 spiro atoms. The number of carbonyl (C=O) groups excluding carboxylic acids is 1. The number of H-pyrrole nitrogens is 1. The molecule has 0 radical (unpaired) electrons. The first kappa shape index (κ1) is 17.5. The van der Waals surface area contributed by atoms with Crippen LogP contribution in [0, 0.1) is 0 Å². The van der Waals surface area contributed by atoms with Crippen molar-refractivity contribution in [2.24, 2.45) is 0 Å². The third kappa shape index (κ3) is 3.50. The van der Waals surface area contributed by atoms with Crippen LogP contribution in [-0.4, -0.2) is 23.2 Å². The number of hydrogen-bond acceptors (Lipinski definition) is 3. The molecule has 5 heteroatoms. The molecule has 3 aromatic carbocycles. The van der Waals surface area contributed by atoms with Crippen molar-refractivity contribution < 1.29 is 9.53 Å². The fourth-order valence-electron chi connectivity index (χ4n) is 3.06. The number of anilines is 1. The van der Waals surface area contributed by atoms with Gasteiger partial charge in [-0.3, -0.25) is 9.89 Å². The van der Waals surface area contributed by atoms with E-state index in [4.69, 9.17) is 4.74 Å². The Morgan fingerprint density at radius 3 is 2.61 bits per heavy atom. The fourth-order valence-corrected chi connectivity index (χ4v) is 3.06. The van der Waals surface area contributed by atoms with Crippen LogP contribution >= 0.6 is 0 Å². The Kier molecular flexibility index (Phi) is 4.89. The number of para-hydroxylation sites is 3. The summed E-state index contributed by atoms with van der Waals surface area (Å²) >= 11 is 0. The van der Waals surface area contributed by atoms with Crippen molar-refractivity contribution in [2.45, 2.75) is 0 Å². The minimum atomic E-state index is -0.219. The van der Waals surface area contributed by atoms with Gasteiger partial charge in [0.15, 0.2) is 0 Å². The van der Waals surface area contributed by atoms with Gasteiger partial charge in [0.05, 0.1) is 23.9 Å². The summed E-state index contributed by atoms with van der Waals surface area (Å²) < 4.78 is 5.29. The van der Waals surface area contributed by atoms with Gasteiger partial charge >= 0.3 is 0 Å². The second-order valence-electron chi connectivity index (χ2n) is 6.23. The van der Waals surface area contributed by atoms with Crippen molar-refractivity contribution in [2.75, 3.05) is 12.4 Å². The lowest BCUT2D eigenvalue weighted by atomic mass is 10.1. The molecule has 0 aliphatic heterocycles. The van der Waals surface area contributed by atoms with Crippen molar-refractivity contribution in [3.8, 4) is 5.75 Å². The lowest BCUT2D eigenvalue weighted by molar-refractivity contribution is 0.102. The second-order valence-corrected chi connectivity index (χ2v) is 6.23. The third-order valence-electron chi connectivity index (χ3n) is 4.48. The van der Waals surface area contributed by atoms with E-state index in [1.54, 1.807) is 19.2 Å². The standard InChI is InChI=1S/C23H19N3O2/c1-28-22-13-7-4-10-18(22)23(27)24-19-11-5-2-8-16(19)14-15-21-17-9-3-6-12-20(17)25-26-21/h2-15H,1H3,(H,24,27)(H,25,26). The Morgan fingerprint density at radius 2 is 1.71 bits per heavy atom. The molecule has 1 aromatic heterocycles. The van der Waals surface area contributed by atoms with Crippen LogP contribution < -0.4 is 10.1 Å². The molecule has 5 nitrogen and oxygen atoms in total. The van der Waals surface area contributed by atoms with Crippen molar-refractivity contribution in [1.29, 1.82) is 0 Å². The maximum Gasteiger partial charge on any atom is 0.259 e. The topological polar surface area (TPSA) is 67.0 Å². The number of aromatic amines is 1. The summed E-state index contributed by atoms with van der Waals surface area (Å²) in [5.74, 6) is 0.319. The average Bonchev–Trinajstić information content (AvgIpc) is 3.16. The van der Waals surface area contributed by atoms with E-state index in [1.165, 1.54) is 0 Å². The minimum absolute atomic E-state index is 0.219. The highest BCUT2D eigenvalue weighted by Gasteiger charge is 2.12. The first-order valence-corrected chi connectivity index (χ1v) is 8.91. The summed E-state index contributed by atoms with van der Waals surface area (Å²) in [5.41, 5.74) is 3.93. The number of benzene rings is 3. The molecule has 2 N–H and O–H groups in total. The number of nitrogens with zero attached hydrogens (tertiary/aromatic N) is 1. The normalized spacial score (nSPS) is 11.0. The quantitative estimate of drug-likeness (QED) is 0.520. The zero-order valence-electron chi connectivity index (χ0n) is 15.3. The molecule has 1 amide bonds. The molecule has 0 aliphatic carbocycles. The molecular formula is C23H19N3O2. The molecule has 0 saturated carbocycles. The molecule has 0 aliphatic rings. The van der Waals surface area contributed by atoms with Gasteiger partial charge in [-0.15, -0.1) is 0 Å². The van der Waals surface area contributed by atoms with Crippen molar-refractivity contribution >= 4 is 34.6 Å². The molecule has 1 heterocycles. The zero-order chi connectivity index (χ0) is 19.3. The molecule has 0 atom stereocenters. The Morgan fingerprint density at radius 1 is 0.964 bits per heavy atom. The molecular weight excluding hydrogens is 350 g/mol. The van der Waals surface area contributed by atoms with Crippen LogP contribution in [0.1, 0.15) is 21.6 Å². The number of carbonyl (C=O) groups is 1. The first-order chi connectivity index (χ1) is 13.8. The Balaban J connectivity index is 1.61. The number of hydrogen-bond donors (Lipinski definition) is 2. The van der Waals surface area contributed by atoms with Gasteiger partial charge in [0.2, 0.25) is 0 Å². The monoisotopic (exact) mass is 369 g/mol. The highest BCUT2D eigenvalue weighted by atomic mass is 16.5. The van der Waals surface area contributed by atoms with Crippen molar-refractivity contribution in [3.05, 3.63) is 89.6 Å². The first-order valence-electron chi connectivity index (χ1n) is 8.91. The van der Waals surface area contributed by atoms with Gasteiger partial charge in [-0.25, -0.2) is 0 Å². The number of amides is 1. The lowest BCUT2D eigenvalue weighted by Gasteiger charge is -2.11. The molecule has 138 valence electrons. The van der Waals surface area contributed by atoms with Crippen LogP contribution in [-0.2, 0) is 0 Å². The number of rotatable bonds is 5. The van der Waals surface area contributed by atoms with Gasteiger partial charge in [-0.1, -0.05) is 54.6 Å². The highest BCUT2D eigenvalue weighted by Crippen LogP contribution is 2.23. The molecule has 0 fully saturated rings. The minimum Gasteiger partial charge on any atom is -0.496 e. The molecule has 0 saturated heterocycles. The van der Waals surface area contributed by atoms with Crippen LogP contribution in [0.4, 0.5) is 5.69 Å². The summed E-state index contributed by atoms with van der Waals surface area (Å²) in [6.45, 7) is 0. The molecule has 4 rings (SSSR count). The van der Waals surface area contributed by atoms with E-state index >= 15 is 0 Å². The van der Waals surface area contributed by atoms with Gasteiger partial charge < -0.3 is 10.1 Å². The van der Waals surface area contributed by atoms with E-state index in [0.29, 0.717) is 11.3 Å². The van der Waals surface area contributed by atoms with Crippen molar-refractivity contribution in [1.82, 2.24) is 10.2 Å². The predicted octanol–water partition coefficient (Wildman–Crippen LogP) is 4.99. The van der Waals surface area contributed by atoms with Crippen LogP contribution in [0.15, 0.2) is 72.8 Å². The van der Waals surface area contributed by atoms with Gasteiger partial charge in [-0.2, -0.15) is 5.10 Å². The van der Waals surface area contributed by atoms with Crippen LogP contribution in [0.3, 0.4) is 0 Å². The number of nitrogens with one attached hydrogen (secondary N) is 2. The largest absolute Gasteiger partial charge is 0.496 e. The van der Waals surface area contributed by atoms with E-state index in [1.807, 2.05) is 72.8 Å². The van der Waals surface area contributed by atoms with Gasteiger partial charge in [0, 0.05) is 11.1 Å². The summed E-state index contributed by atoms with van der Waals surface area (Å²) in [6.07, 6.45) is 3.88. The maximum atomic E-state index is 12.7. The van der Waals surface area contributed by atoms with Crippen molar-refractivity contribution in [3.63, 3.8) is 0 Å². The molecule has 0 unspecified atom stereocenters. The summed E-state index contributed by atoms with van der Waals surface area (Å²) in [6, 6.07) is 22.7. The molecule has 0 bridgehead atoms. The number of ether oxygens (including phenoxy) is 1. The lowest BCUT2D eigenvalue weighted by Crippen LogP contribution is -2.13. The Labute approximate surface area is 162 Å². The number of aromatic nitrogens is 2. The smallest absolute Gasteiger partial charge is 0.259 e. The van der Waals surface area contributed by atoms with Crippen LogP contribution in [0.25, 0.3) is 23.1 Å². The molecule has 4 aromatic rings. The van der Waals surface area contributed by atoms with Gasteiger partial charge in [-0.05, 0) is 35.9 Å². The predicted molar refractivity (Wildman–Crippen MR) is 112 cm³/mol. The van der Waals surface area contributed by atoms with E-state index in [0.717, 1.165) is 27.8 Å². The summed E-state index contributed by atoms with van der Waals surface area (Å²) in [5, 5.41) is 11.4.